The molecular weight excluding hydrogens is 230 g/mol. The van der Waals surface area contributed by atoms with Gasteiger partial charge in [0.15, 0.2) is 0 Å². The lowest BCUT2D eigenvalue weighted by molar-refractivity contribution is -0.123. The van der Waals surface area contributed by atoms with Crippen molar-refractivity contribution in [1.29, 1.82) is 0 Å². The van der Waals surface area contributed by atoms with Gasteiger partial charge in [0, 0.05) is 12.5 Å². The quantitative estimate of drug-likeness (QED) is 0.725. The van der Waals surface area contributed by atoms with Gasteiger partial charge in [-0.05, 0) is 32.9 Å². The molecule has 1 atom stereocenters. The Morgan fingerprint density at radius 3 is 2.39 bits per heavy atom. The van der Waals surface area contributed by atoms with E-state index in [-0.39, 0.29) is 24.3 Å². The number of nitrogens with one attached hydrogen (secondary N) is 1. The first kappa shape index (κ1) is 15.0. The molecule has 0 heterocycles. The fraction of sp³-hybridized carbons (Fsp3) is 0.846. The predicted molar refractivity (Wildman–Crippen MR) is 70.9 cm³/mol. The van der Waals surface area contributed by atoms with Crippen LogP contribution in [0.5, 0.6) is 0 Å². The number of hydrogen-bond acceptors (Lipinski definition) is 3. The van der Waals surface area contributed by atoms with Crippen molar-refractivity contribution in [2.45, 2.75) is 44.6 Å². The second-order valence-electron chi connectivity index (χ2n) is 5.48. The maximum atomic E-state index is 11.8. The molecule has 1 aliphatic rings. The van der Waals surface area contributed by atoms with Crippen molar-refractivity contribution in [3.8, 4) is 0 Å². The summed E-state index contributed by atoms with van der Waals surface area (Å²) in [5.41, 5.74) is 5.28. The molecule has 0 saturated heterocycles. The van der Waals surface area contributed by atoms with Crippen LogP contribution in [0.15, 0.2) is 0 Å². The van der Waals surface area contributed by atoms with Crippen molar-refractivity contribution in [1.82, 2.24) is 10.2 Å². The summed E-state index contributed by atoms with van der Waals surface area (Å²) in [5.74, 6) is 0.0323. The zero-order valence-corrected chi connectivity index (χ0v) is 11.4. The standard InChI is InChI=1S/C13H25N3O2/c1-16(2)9-13(18)15-11(8-12(14)17)10-6-4-3-5-7-10/h10-11H,3-9H2,1-2H3,(H2,14,17)(H,15,18)/t11-/m0/s1. The van der Waals surface area contributed by atoms with E-state index in [0.29, 0.717) is 12.5 Å². The lowest BCUT2D eigenvalue weighted by atomic mass is 9.82. The number of carbonyl (C=O) groups excluding carboxylic acids is 2. The van der Waals surface area contributed by atoms with Crippen LogP contribution in [-0.2, 0) is 9.59 Å². The first-order chi connectivity index (χ1) is 8.49. The van der Waals surface area contributed by atoms with Crippen LogP contribution in [0.4, 0.5) is 0 Å². The Bertz CT molecular complexity index is 286. The van der Waals surface area contributed by atoms with E-state index in [0.717, 1.165) is 12.8 Å². The van der Waals surface area contributed by atoms with Gasteiger partial charge in [-0.25, -0.2) is 0 Å². The zero-order chi connectivity index (χ0) is 13.5. The molecule has 0 aromatic heterocycles. The minimum absolute atomic E-state index is 0.0307. The molecule has 1 aliphatic carbocycles. The molecule has 1 rings (SSSR count). The van der Waals surface area contributed by atoms with Gasteiger partial charge >= 0.3 is 0 Å². The normalized spacial score (nSPS) is 18.6. The maximum Gasteiger partial charge on any atom is 0.234 e. The summed E-state index contributed by atoms with van der Waals surface area (Å²) in [6.45, 7) is 0.349. The van der Waals surface area contributed by atoms with E-state index < -0.39 is 0 Å². The fourth-order valence-corrected chi connectivity index (χ4v) is 2.63. The molecule has 0 unspecified atom stereocenters. The van der Waals surface area contributed by atoms with Crippen LogP contribution in [0.2, 0.25) is 0 Å². The monoisotopic (exact) mass is 255 g/mol. The van der Waals surface area contributed by atoms with E-state index in [1.807, 2.05) is 19.0 Å². The summed E-state index contributed by atoms with van der Waals surface area (Å²) in [7, 11) is 3.70. The maximum absolute atomic E-state index is 11.8. The highest BCUT2D eigenvalue weighted by atomic mass is 16.2. The van der Waals surface area contributed by atoms with Crippen molar-refractivity contribution in [2.75, 3.05) is 20.6 Å². The molecule has 0 radical (unpaired) electrons. The molecule has 18 heavy (non-hydrogen) atoms. The van der Waals surface area contributed by atoms with Gasteiger partial charge in [-0.2, -0.15) is 0 Å². The molecule has 0 spiro atoms. The van der Waals surface area contributed by atoms with E-state index in [1.165, 1.54) is 19.3 Å². The van der Waals surface area contributed by atoms with E-state index in [1.54, 1.807) is 0 Å². The molecule has 0 aromatic rings. The number of hydrogen-bond donors (Lipinski definition) is 2. The van der Waals surface area contributed by atoms with Gasteiger partial charge in [0.05, 0.1) is 6.54 Å². The average Bonchev–Trinajstić information content (AvgIpc) is 2.27. The Hall–Kier alpha value is -1.10. The Labute approximate surface area is 109 Å². The Morgan fingerprint density at radius 1 is 1.28 bits per heavy atom. The van der Waals surface area contributed by atoms with Gasteiger partial charge in [-0.15, -0.1) is 0 Å². The second kappa shape index (κ2) is 7.36. The average molecular weight is 255 g/mol. The van der Waals surface area contributed by atoms with Crippen LogP contribution in [0.1, 0.15) is 38.5 Å². The summed E-state index contributed by atoms with van der Waals surface area (Å²) in [4.78, 5) is 24.7. The number of carbonyl (C=O) groups is 2. The first-order valence-corrected chi connectivity index (χ1v) is 6.71. The minimum Gasteiger partial charge on any atom is -0.370 e. The smallest absolute Gasteiger partial charge is 0.234 e. The third kappa shape index (κ3) is 5.49. The van der Waals surface area contributed by atoms with E-state index in [4.69, 9.17) is 5.73 Å². The molecule has 0 bridgehead atoms. The number of primary amides is 1. The summed E-state index contributed by atoms with van der Waals surface area (Å²) in [5, 5.41) is 2.97. The topological polar surface area (TPSA) is 75.4 Å². The van der Waals surface area contributed by atoms with Gasteiger partial charge in [0.1, 0.15) is 0 Å². The first-order valence-electron chi connectivity index (χ1n) is 6.71. The van der Waals surface area contributed by atoms with Gasteiger partial charge < -0.3 is 16.0 Å². The summed E-state index contributed by atoms with van der Waals surface area (Å²) in [6, 6.07) is -0.0877. The molecule has 3 N–H and O–H groups in total. The molecular formula is C13H25N3O2. The molecule has 2 amide bonds. The Balaban J connectivity index is 2.53. The third-order valence-electron chi connectivity index (χ3n) is 3.45. The van der Waals surface area contributed by atoms with Crippen LogP contribution in [-0.4, -0.2) is 43.4 Å². The number of amides is 2. The fourth-order valence-electron chi connectivity index (χ4n) is 2.63. The number of likely N-dealkylation sites (N-methyl/N-ethyl adjacent to an activating group) is 1. The highest BCUT2D eigenvalue weighted by Gasteiger charge is 2.26. The van der Waals surface area contributed by atoms with Gasteiger partial charge in [-0.1, -0.05) is 19.3 Å². The van der Waals surface area contributed by atoms with E-state index in [9.17, 15) is 9.59 Å². The lowest BCUT2D eigenvalue weighted by Crippen LogP contribution is -2.46. The predicted octanol–water partition coefficient (Wildman–Crippen LogP) is 0.489. The summed E-state index contributed by atoms with van der Waals surface area (Å²) < 4.78 is 0. The third-order valence-corrected chi connectivity index (χ3v) is 3.45. The van der Waals surface area contributed by atoms with E-state index in [2.05, 4.69) is 5.32 Å². The molecule has 104 valence electrons. The van der Waals surface area contributed by atoms with Gasteiger partial charge in [0.25, 0.3) is 0 Å². The molecule has 0 aromatic carbocycles. The number of nitrogens with zero attached hydrogens (tertiary/aromatic N) is 1. The van der Waals surface area contributed by atoms with Crippen molar-refractivity contribution in [3.63, 3.8) is 0 Å². The van der Waals surface area contributed by atoms with Gasteiger partial charge in [-0.3, -0.25) is 9.59 Å². The Morgan fingerprint density at radius 2 is 1.89 bits per heavy atom. The van der Waals surface area contributed by atoms with Crippen LogP contribution < -0.4 is 11.1 Å². The zero-order valence-electron chi connectivity index (χ0n) is 11.4. The molecule has 5 nitrogen and oxygen atoms in total. The van der Waals surface area contributed by atoms with E-state index >= 15 is 0 Å². The minimum atomic E-state index is -0.337. The highest BCUT2D eigenvalue weighted by Crippen LogP contribution is 2.27. The highest BCUT2D eigenvalue weighted by molar-refractivity contribution is 5.80. The number of nitrogens with two attached hydrogens (primary N) is 1. The van der Waals surface area contributed by atoms with Crippen molar-refractivity contribution >= 4 is 11.8 Å². The second-order valence-corrected chi connectivity index (χ2v) is 5.48. The largest absolute Gasteiger partial charge is 0.370 e. The summed E-state index contributed by atoms with van der Waals surface area (Å²) >= 11 is 0. The molecule has 1 saturated carbocycles. The van der Waals surface area contributed by atoms with Gasteiger partial charge in [0.2, 0.25) is 11.8 Å². The molecule has 1 fully saturated rings. The van der Waals surface area contributed by atoms with Crippen molar-refractivity contribution in [3.05, 3.63) is 0 Å². The molecule has 0 aliphatic heterocycles. The van der Waals surface area contributed by atoms with Crippen molar-refractivity contribution in [2.24, 2.45) is 11.7 Å². The van der Waals surface area contributed by atoms with Crippen LogP contribution in [0, 0.1) is 5.92 Å². The van der Waals surface area contributed by atoms with Crippen LogP contribution in [0.25, 0.3) is 0 Å². The summed E-state index contributed by atoms with van der Waals surface area (Å²) in [6.07, 6.45) is 6.04. The Kier molecular flexibility index (Phi) is 6.12. The SMILES string of the molecule is CN(C)CC(=O)N[C@@H](CC(N)=O)C1CCCCC1. The molecule has 5 heteroatoms. The number of rotatable bonds is 6. The van der Waals surface area contributed by atoms with Crippen LogP contribution in [0.3, 0.4) is 0 Å². The van der Waals surface area contributed by atoms with Crippen LogP contribution >= 0.6 is 0 Å². The lowest BCUT2D eigenvalue weighted by Gasteiger charge is -2.30. The van der Waals surface area contributed by atoms with Crippen molar-refractivity contribution < 1.29 is 9.59 Å².